The number of rotatable bonds is 1. The van der Waals surface area contributed by atoms with Crippen LogP contribution in [0.3, 0.4) is 0 Å². The summed E-state index contributed by atoms with van der Waals surface area (Å²) < 4.78 is 0. The predicted octanol–water partition coefficient (Wildman–Crippen LogP) is 2.45. The second-order valence-corrected chi connectivity index (χ2v) is 2.93. The molecule has 0 aliphatic rings. The highest BCUT2D eigenvalue weighted by atomic mass is 14.7. The van der Waals surface area contributed by atoms with Crippen LogP contribution < -0.4 is 0 Å². The van der Waals surface area contributed by atoms with Gasteiger partial charge in [-0.3, -0.25) is 9.97 Å². The minimum Gasteiger partial charge on any atom is -0.255 e. The maximum absolute atomic E-state index is 4.25. The lowest BCUT2D eigenvalue weighted by Crippen LogP contribution is -1.86. The van der Waals surface area contributed by atoms with Gasteiger partial charge in [0, 0.05) is 12.4 Å². The highest BCUT2D eigenvalue weighted by Gasteiger charge is 1.97. The zero-order chi connectivity index (χ0) is 9.10. The SMILES string of the molecule is Cc1ccnc(-c2ccccn2)c1. The van der Waals surface area contributed by atoms with Gasteiger partial charge in [0.25, 0.3) is 0 Å². The molecule has 0 aromatic carbocycles. The van der Waals surface area contributed by atoms with E-state index >= 15 is 0 Å². The number of pyridine rings is 2. The van der Waals surface area contributed by atoms with E-state index in [1.54, 1.807) is 12.4 Å². The molecular formula is C11H10N2. The number of nitrogens with zero attached hydrogens (tertiary/aromatic N) is 2. The van der Waals surface area contributed by atoms with E-state index in [4.69, 9.17) is 0 Å². The summed E-state index contributed by atoms with van der Waals surface area (Å²) in [5.41, 5.74) is 3.06. The Hall–Kier alpha value is -1.70. The third kappa shape index (κ3) is 1.72. The van der Waals surface area contributed by atoms with Crippen LogP contribution in [-0.4, -0.2) is 9.97 Å². The van der Waals surface area contributed by atoms with Crippen molar-refractivity contribution in [2.24, 2.45) is 0 Å². The molecule has 2 aromatic heterocycles. The highest BCUT2D eigenvalue weighted by Crippen LogP contribution is 2.13. The predicted molar refractivity (Wildman–Crippen MR) is 52.2 cm³/mol. The lowest BCUT2D eigenvalue weighted by molar-refractivity contribution is 1.23. The van der Waals surface area contributed by atoms with Crippen molar-refractivity contribution in [3.8, 4) is 11.4 Å². The Kier molecular flexibility index (Phi) is 2.04. The Labute approximate surface area is 77.3 Å². The molecule has 0 bridgehead atoms. The standard InChI is InChI=1S/C11H10N2/c1-9-5-7-13-11(8-9)10-4-2-3-6-12-10/h2-8H,1H3. The summed E-state index contributed by atoms with van der Waals surface area (Å²) in [5.74, 6) is 0. The van der Waals surface area contributed by atoms with Crippen LogP contribution >= 0.6 is 0 Å². The quantitative estimate of drug-likeness (QED) is 0.657. The van der Waals surface area contributed by atoms with Gasteiger partial charge in [0.15, 0.2) is 0 Å². The van der Waals surface area contributed by atoms with E-state index in [2.05, 4.69) is 9.97 Å². The van der Waals surface area contributed by atoms with E-state index < -0.39 is 0 Å². The molecule has 0 radical (unpaired) electrons. The average molecular weight is 170 g/mol. The monoisotopic (exact) mass is 170 g/mol. The molecule has 0 unspecified atom stereocenters. The van der Waals surface area contributed by atoms with Crippen molar-refractivity contribution in [3.63, 3.8) is 0 Å². The van der Waals surface area contributed by atoms with Crippen LogP contribution in [0.1, 0.15) is 5.56 Å². The molecule has 13 heavy (non-hydrogen) atoms. The fraction of sp³-hybridized carbons (Fsp3) is 0.0909. The lowest BCUT2D eigenvalue weighted by atomic mass is 10.2. The molecule has 2 aromatic rings. The Balaban J connectivity index is 2.48. The first-order valence-electron chi connectivity index (χ1n) is 4.20. The van der Waals surface area contributed by atoms with Gasteiger partial charge in [-0.05, 0) is 36.8 Å². The first-order chi connectivity index (χ1) is 6.36. The average Bonchev–Trinajstić information content (AvgIpc) is 2.19. The van der Waals surface area contributed by atoms with Crippen LogP contribution in [-0.2, 0) is 0 Å². The summed E-state index contributed by atoms with van der Waals surface area (Å²) in [6.07, 6.45) is 3.58. The van der Waals surface area contributed by atoms with Crippen molar-refractivity contribution < 1.29 is 0 Å². The van der Waals surface area contributed by atoms with Gasteiger partial charge in [-0.1, -0.05) is 6.07 Å². The normalized spacial score (nSPS) is 9.92. The smallest absolute Gasteiger partial charge is 0.0888 e. The topological polar surface area (TPSA) is 25.8 Å². The molecule has 0 spiro atoms. The van der Waals surface area contributed by atoms with Crippen LogP contribution in [0, 0.1) is 6.92 Å². The summed E-state index contributed by atoms with van der Waals surface area (Å²) in [7, 11) is 0. The molecule has 0 atom stereocenters. The lowest BCUT2D eigenvalue weighted by Gasteiger charge is -1.99. The number of hydrogen-bond donors (Lipinski definition) is 0. The Morgan fingerprint density at radius 2 is 1.77 bits per heavy atom. The van der Waals surface area contributed by atoms with Gasteiger partial charge in [0.05, 0.1) is 11.4 Å². The van der Waals surface area contributed by atoms with Crippen molar-refractivity contribution in [2.45, 2.75) is 6.92 Å². The molecule has 0 aliphatic carbocycles. The van der Waals surface area contributed by atoms with Crippen molar-refractivity contribution in [3.05, 3.63) is 48.3 Å². The molecule has 0 aliphatic heterocycles. The molecule has 2 heterocycles. The second kappa shape index (κ2) is 3.35. The van der Waals surface area contributed by atoms with Gasteiger partial charge in [0.2, 0.25) is 0 Å². The first-order valence-corrected chi connectivity index (χ1v) is 4.20. The minimum atomic E-state index is 0.922. The minimum absolute atomic E-state index is 0.922. The Morgan fingerprint density at radius 1 is 0.923 bits per heavy atom. The molecule has 2 nitrogen and oxygen atoms in total. The van der Waals surface area contributed by atoms with Crippen LogP contribution in [0.25, 0.3) is 11.4 Å². The van der Waals surface area contributed by atoms with E-state index in [0.717, 1.165) is 11.4 Å². The maximum Gasteiger partial charge on any atom is 0.0888 e. The third-order valence-corrected chi connectivity index (χ3v) is 1.84. The summed E-state index contributed by atoms with van der Waals surface area (Å²) in [6.45, 7) is 2.05. The molecule has 0 N–H and O–H groups in total. The second-order valence-electron chi connectivity index (χ2n) is 2.93. The third-order valence-electron chi connectivity index (χ3n) is 1.84. The Bertz CT molecular complexity index is 396. The fourth-order valence-electron chi connectivity index (χ4n) is 1.19. The maximum atomic E-state index is 4.25. The van der Waals surface area contributed by atoms with E-state index in [0.29, 0.717) is 0 Å². The number of aryl methyl sites for hydroxylation is 1. The molecule has 0 amide bonds. The van der Waals surface area contributed by atoms with Gasteiger partial charge in [-0.25, -0.2) is 0 Å². The molecule has 0 saturated heterocycles. The van der Waals surface area contributed by atoms with Crippen LogP contribution in [0.2, 0.25) is 0 Å². The van der Waals surface area contributed by atoms with E-state index in [1.165, 1.54) is 5.56 Å². The fourth-order valence-corrected chi connectivity index (χ4v) is 1.19. The van der Waals surface area contributed by atoms with Gasteiger partial charge < -0.3 is 0 Å². The zero-order valence-corrected chi connectivity index (χ0v) is 7.44. The summed E-state index contributed by atoms with van der Waals surface area (Å²) in [6, 6.07) is 9.84. The molecule has 64 valence electrons. The highest BCUT2D eigenvalue weighted by molar-refractivity contribution is 5.54. The summed E-state index contributed by atoms with van der Waals surface area (Å²) in [4.78, 5) is 8.47. The summed E-state index contributed by atoms with van der Waals surface area (Å²) >= 11 is 0. The van der Waals surface area contributed by atoms with Gasteiger partial charge in [-0.2, -0.15) is 0 Å². The van der Waals surface area contributed by atoms with E-state index in [1.807, 2.05) is 37.3 Å². The van der Waals surface area contributed by atoms with Crippen molar-refractivity contribution in [1.82, 2.24) is 9.97 Å². The Morgan fingerprint density at radius 3 is 2.46 bits per heavy atom. The molecule has 2 rings (SSSR count). The van der Waals surface area contributed by atoms with Gasteiger partial charge in [-0.15, -0.1) is 0 Å². The largest absolute Gasteiger partial charge is 0.255 e. The molecule has 0 fully saturated rings. The van der Waals surface area contributed by atoms with Crippen molar-refractivity contribution in [2.75, 3.05) is 0 Å². The number of hydrogen-bond acceptors (Lipinski definition) is 2. The molecule has 0 saturated carbocycles. The summed E-state index contributed by atoms with van der Waals surface area (Å²) in [5, 5.41) is 0. The zero-order valence-electron chi connectivity index (χ0n) is 7.44. The van der Waals surface area contributed by atoms with Crippen LogP contribution in [0.5, 0.6) is 0 Å². The van der Waals surface area contributed by atoms with Gasteiger partial charge in [0.1, 0.15) is 0 Å². The molecule has 2 heteroatoms. The van der Waals surface area contributed by atoms with Crippen LogP contribution in [0.4, 0.5) is 0 Å². The van der Waals surface area contributed by atoms with E-state index in [9.17, 15) is 0 Å². The van der Waals surface area contributed by atoms with Crippen molar-refractivity contribution >= 4 is 0 Å². The van der Waals surface area contributed by atoms with Crippen LogP contribution in [0.15, 0.2) is 42.7 Å². The van der Waals surface area contributed by atoms with Gasteiger partial charge >= 0.3 is 0 Å². The van der Waals surface area contributed by atoms with Crippen molar-refractivity contribution in [1.29, 1.82) is 0 Å². The molecular weight excluding hydrogens is 160 g/mol. The number of aromatic nitrogens is 2. The van der Waals surface area contributed by atoms with E-state index in [-0.39, 0.29) is 0 Å². The first kappa shape index (κ1) is 7.92.